The van der Waals surface area contributed by atoms with Gasteiger partial charge in [0.15, 0.2) is 5.82 Å². The molecule has 0 spiro atoms. The number of benzene rings is 1. The van der Waals surface area contributed by atoms with Gasteiger partial charge in [0.2, 0.25) is 0 Å². The topological polar surface area (TPSA) is 51.0 Å². The number of nitrogens with zero attached hydrogens (tertiary/aromatic N) is 2. The van der Waals surface area contributed by atoms with E-state index in [1.165, 1.54) is 17.7 Å². The summed E-state index contributed by atoms with van der Waals surface area (Å²) in [4.78, 5) is 4.51. The van der Waals surface area contributed by atoms with Gasteiger partial charge in [0.05, 0.1) is 5.75 Å². The average Bonchev–Trinajstić information content (AvgIpc) is 2.93. The lowest BCUT2D eigenvalue weighted by atomic mass is 10.0. The van der Waals surface area contributed by atoms with Crippen LogP contribution in [-0.2, 0) is 12.2 Å². The normalized spacial score (nSPS) is 14.6. The van der Waals surface area contributed by atoms with E-state index < -0.39 is 0 Å². The second-order valence-corrected chi connectivity index (χ2v) is 8.12. The van der Waals surface area contributed by atoms with Crippen LogP contribution in [0.3, 0.4) is 0 Å². The van der Waals surface area contributed by atoms with E-state index in [1.807, 2.05) is 17.8 Å². The summed E-state index contributed by atoms with van der Waals surface area (Å²) in [6.07, 6.45) is 2.28. The van der Waals surface area contributed by atoms with Crippen LogP contribution in [0.2, 0.25) is 0 Å². The number of hydrogen-bond acceptors (Lipinski definition) is 5. The van der Waals surface area contributed by atoms with Crippen molar-refractivity contribution in [3.05, 3.63) is 29.6 Å². The Hall–Kier alpha value is -1.49. The summed E-state index contributed by atoms with van der Waals surface area (Å²) in [5.41, 5.74) is 3.58. The molecule has 0 saturated carbocycles. The molecular formula is C16H21N3OS. The van der Waals surface area contributed by atoms with E-state index in [0.717, 1.165) is 30.1 Å². The van der Waals surface area contributed by atoms with Crippen LogP contribution in [0.5, 0.6) is 0 Å². The van der Waals surface area contributed by atoms with Crippen molar-refractivity contribution in [2.75, 3.05) is 11.9 Å². The first-order valence-corrected chi connectivity index (χ1v) is 8.33. The quantitative estimate of drug-likeness (QED) is 0.924. The van der Waals surface area contributed by atoms with E-state index in [4.69, 9.17) is 4.52 Å². The van der Waals surface area contributed by atoms with Gasteiger partial charge in [0.25, 0.3) is 5.89 Å². The van der Waals surface area contributed by atoms with Crippen molar-refractivity contribution in [1.29, 1.82) is 0 Å². The van der Waals surface area contributed by atoms with Gasteiger partial charge in [-0.25, -0.2) is 0 Å². The van der Waals surface area contributed by atoms with Crippen molar-refractivity contribution in [3.8, 4) is 11.5 Å². The van der Waals surface area contributed by atoms with Gasteiger partial charge in [0, 0.05) is 22.5 Å². The zero-order valence-corrected chi connectivity index (χ0v) is 13.6. The Morgan fingerprint density at radius 2 is 2.19 bits per heavy atom. The molecule has 1 N–H and O–H groups in total. The second-order valence-electron chi connectivity index (χ2n) is 6.32. The van der Waals surface area contributed by atoms with Gasteiger partial charge < -0.3 is 9.84 Å². The highest BCUT2D eigenvalue weighted by Crippen LogP contribution is 2.29. The van der Waals surface area contributed by atoms with Gasteiger partial charge in [-0.2, -0.15) is 4.98 Å². The molecule has 1 aromatic heterocycles. The van der Waals surface area contributed by atoms with E-state index in [1.54, 1.807) is 0 Å². The average molecular weight is 303 g/mol. The Morgan fingerprint density at radius 1 is 1.33 bits per heavy atom. The minimum absolute atomic E-state index is 0.207. The summed E-state index contributed by atoms with van der Waals surface area (Å²) in [5.74, 6) is 2.16. The predicted octanol–water partition coefficient (Wildman–Crippen LogP) is 4.13. The van der Waals surface area contributed by atoms with Gasteiger partial charge in [-0.15, -0.1) is 11.8 Å². The highest BCUT2D eigenvalue weighted by Gasteiger charge is 2.16. The molecule has 21 heavy (non-hydrogen) atoms. The lowest BCUT2D eigenvalue weighted by Crippen LogP contribution is -2.11. The smallest absolute Gasteiger partial charge is 0.257 e. The molecule has 0 radical (unpaired) electrons. The highest BCUT2D eigenvalue weighted by molar-refractivity contribution is 7.99. The number of rotatable bonds is 3. The molecule has 1 aliphatic heterocycles. The fraction of sp³-hybridized carbons (Fsp3) is 0.500. The van der Waals surface area contributed by atoms with Crippen molar-refractivity contribution in [2.24, 2.45) is 0 Å². The third-order valence-corrected chi connectivity index (χ3v) is 4.66. The molecule has 112 valence electrons. The molecular weight excluding hydrogens is 282 g/mol. The van der Waals surface area contributed by atoms with Crippen LogP contribution < -0.4 is 5.32 Å². The molecule has 5 heteroatoms. The molecule has 3 rings (SSSR count). The summed E-state index contributed by atoms with van der Waals surface area (Å²) in [6, 6.07) is 6.32. The van der Waals surface area contributed by atoms with Crippen LogP contribution in [0.25, 0.3) is 11.5 Å². The molecule has 2 aromatic rings. The fourth-order valence-electron chi connectivity index (χ4n) is 2.32. The molecule has 1 aliphatic rings. The number of thioether (sulfide) groups is 1. The zero-order chi connectivity index (χ0) is 14.9. The molecule has 4 nitrogen and oxygen atoms in total. The van der Waals surface area contributed by atoms with Crippen molar-refractivity contribution < 1.29 is 4.52 Å². The largest absolute Gasteiger partial charge is 0.385 e. The first kappa shape index (κ1) is 14.4. The lowest BCUT2D eigenvalue weighted by Gasteiger charge is -2.17. The van der Waals surface area contributed by atoms with Gasteiger partial charge in [0.1, 0.15) is 0 Å². The molecule has 0 aliphatic carbocycles. The summed E-state index contributed by atoms with van der Waals surface area (Å²) in [7, 11) is 0. The van der Waals surface area contributed by atoms with Crippen molar-refractivity contribution in [1.82, 2.24) is 10.1 Å². The number of fused-ring (bicyclic) bond motifs is 1. The van der Waals surface area contributed by atoms with Crippen LogP contribution in [-0.4, -0.2) is 21.4 Å². The van der Waals surface area contributed by atoms with Gasteiger partial charge in [-0.1, -0.05) is 25.9 Å². The maximum absolute atomic E-state index is 5.41. The Labute approximate surface area is 129 Å². The van der Waals surface area contributed by atoms with Gasteiger partial charge >= 0.3 is 0 Å². The first-order valence-electron chi connectivity index (χ1n) is 7.35. The minimum atomic E-state index is 0.207. The molecule has 0 bridgehead atoms. The minimum Gasteiger partial charge on any atom is -0.385 e. The molecule has 2 heterocycles. The van der Waals surface area contributed by atoms with Crippen molar-refractivity contribution in [2.45, 2.75) is 44.1 Å². The summed E-state index contributed by atoms with van der Waals surface area (Å²) in [5, 5.41) is 7.50. The summed E-state index contributed by atoms with van der Waals surface area (Å²) in [6.45, 7) is 7.63. The standard InChI is InChI=1S/C16H21N3OS/c1-16(2,3)21-10-14-18-15(20-19-14)12-6-7-13-11(9-12)5-4-8-17-13/h6-7,9,17H,4-5,8,10H2,1-3H3. The molecule has 0 amide bonds. The van der Waals surface area contributed by atoms with E-state index in [2.05, 4.69) is 48.4 Å². The Morgan fingerprint density at radius 3 is 3.00 bits per heavy atom. The summed E-state index contributed by atoms with van der Waals surface area (Å²) >= 11 is 1.82. The van der Waals surface area contributed by atoms with E-state index in [9.17, 15) is 0 Å². The monoisotopic (exact) mass is 303 g/mol. The lowest BCUT2D eigenvalue weighted by molar-refractivity contribution is 0.425. The predicted molar refractivity (Wildman–Crippen MR) is 87.6 cm³/mol. The number of hydrogen-bond donors (Lipinski definition) is 1. The van der Waals surface area contributed by atoms with E-state index in [0.29, 0.717) is 5.89 Å². The number of nitrogens with one attached hydrogen (secondary N) is 1. The van der Waals surface area contributed by atoms with Crippen LogP contribution in [0.15, 0.2) is 22.7 Å². The number of anilines is 1. The van der Waals surface area contributed by atoms with E-state index in [-0.39, 0.29) is 4.75 Å². The Bertz CT molecular complexity index is 631. The Balaban J connectivity index is 1.77. The highest BCUT2D eigenvalue weighted by atomic mass is 32.2. The van der Waals surface area contributed by atoms with Gasteiger partial charge in [-0.3, -0.25) is 0 Å². The van der Waals surface area contributed by atoms with Crippen LogP contribution in [0, 0.1) is 0 Å². The number of aryl methyl sites for hydroxylation is 1. The molecule has 0 fully saturated rings. The third kappa shape index (κ3) is 3.59. The molecule has 1 aromatic carbocycles. The van der Waals surface area contributed by atoms with Crippen LogP contribution in [0.4, 0.5) is 5.69 Å². The molecule has 0 unspecified atom stereocenters. The fourth-order valence-corrected chi connectivity index (χ4v) is 3.00. The van der Waals surface area contributed by atoms with Crippen LogP contribution in [0.1, 0.15) is 38.6 Å². The number of aromatic nitrogens is 2. The van der Waals surface area contributed by atoms with Gasteiger partial charge in [-0.05, 0) is 36.6 Å². The third-order valence-electron chi connectivity index (χ3n) is 3.39. The molecule has 0 saturated heterocycles. The first-order chi connectivity index (χ1) is 10.0. The maximum atomic E-state index is 5.41. The van der Waals surface area contributed by atoms with E-state index >= 15 is 0 Å². The molecule has 0 atom stereocenters. The van der Waals surface area contributed by atoms with Crippen molar-refractivity contribution >= 4 is 17.4 Å². The van der Waals surface area contributed by atoms with Crippen LogP contribution >= 0.6 is 11.8 Å². The summed E-state index contributed by atoms with van der Waals surface area (Å²) < 4.78 is 5.62. The van der Waals surface area contributed by atoms with Crippen molar-refractivity contribution in [3.63, 3.8) is 0 Å². The zero-order valence-electron chi connectivity index (χ0n) is 12.8. The maximum Gasteiger partial charge on any atom is 0.257 e. The second kappa shape index (κ2) is 5.72. The SMILES string of the molecule is CC(C)(C)SCc1noc(-c2ccc3c(c2)CCCN3)n1. The Kier molecular flexibility index (Phi) is 3.93.